The van der Waals surface area contributed by atoms with Gasteiger partial charge in [-0.05, 0) is 35.4 Å². The normalized spacial score (nSPS) is 15.4. The predicted octanol–water partition coefficient (Wildman–Crippen LogP) is 4.34. The van der Waals surface area contributed by atoms with Crippen molar-refractivity contribution in [1.29, 1.82) is 0 Å². The Morgan fingerprint density at radius 1 is 1.16 bits per heavy atom. The Morgan fingerprint density at radius 2 is 1.89 bits per heavy atom. The highest BCUT2D eigenvalue weighted by atomic mass is 16.3. The van der Waals surface area contributed by atoms with Gasteiger partial charge in [-0.1, -0.05) is 45.9 Å². The summed E-state index contributed by atoms with van der Waals surface area (Å²) >= 11 is 0. The second kappa shape index (κ2) is 5.30. The number of hydrogen-bond donors (Lipinski definition) is 1. The fourth-order valence-corrected chi connectivity index (χ4v) is 2.23. The molecule has 2 unspecified atom stereocenters. The van der Waals surface area contributed by atoms with E-state index in [0.29, 0.717) is 5.92 Å². The zero-order valence-corrected chi connectivity index (χ0v) is 12.2. The van der Waals surface area contributed by atoms with Crippen molar-refractivity contribution in [2.24, 2.45) is 11.3 Å². The van der Waals surface area contributed by atoms with E-state index in [2.05, 4.69) is 32.7 Å². The summed E-state index contributed by atoms with van der Waals surface area (Å²) in [6, 6.07) is 9.91. The van der Waals surface area contributed by atoms with Crippen molar-refractivity contribution in [2.75, 3.05) is 0 Å². The molecule has 0 fully saturated rings. The first kappa shape index (κ1) is 14.0. The first-order valence-electron chi connectivity index (χ1n) is 6.91. The van der Waals surface area contributed by atoms with Gasteiger partial charge < -0.3 is 5.11 Å². The number of aliphatic hydroxyl groups excluding tert-OH is 1. The van der Waals surface area contributed by atoms with Gasteiger partial charge >= 0.3 is 0 Å². The van der Waals surface area contributed by atoms with Crippen molar-refractivity contribution in [1.82, 2.24) is 4.98 Å². The third-order valence-electron chi connectivity index (χ3n) is 4.09. The van der Waals surface area contributed by atoms with Crippen molar-refractivity contribution in [3.8, 4) is 0 Å². The Bertz CT molecular complexity index is 551. The molecule has 0 spiro atoms. The van der Waals surface area contributed by atoms with Crippen LogP contribution in [0.4, 0.5) is 0 Å². The topological polar surface area (TPSA) is 33.1 Å². The maximum Gasteiger partial charge on any atom is 0.0799 e. The van der Waals surface area contributed by atoms with E-state index in [9.17, 15) is 5.11 Å². The number of rotatable bonds is 3. The molecule has 1 aromatic heterocycles. The summed E-state index contributed by atoms with van der Waals surface area (Å²) in [7, 11) is 0. The van der Waals surface area contributed by atoms with Crippen LogP contribution in [0.5, 0.6) is 0 Å². The van der Waals surface area contributed by atoms with Crippen molar-refractivity contribution in [2.45, 2.75) is 40.2 Å². The first-order chi connectivity index (χ1) is 8.89. The van der Waals surface area contributed by atoms with Crippen molar-refractivity contribution < 1.29 is 5.11 Å². The Labute approximate surface area is 115 Å². The van der Waals surface area contributed by atoms with Gasteiger partial charge in [0.05, 0.1) is 11.6 Å². The second-order valence-corrected chi connectivity index (χ2v) is 6.44. The van der Waals surface area contributed by atoms with E-state index in [1.54, 1.807) is 6.20 Å². The highest BCUT2D eigenvalue weighted by Gasteiger charge is 2.24. The molecule has 0 amide bonds. The van der Waals surface area contributed by atoms with Crippen molar-refractivity contribution in [3.05, 3.63) is 42.1 Å². The van der Waals surface area contributed by atoms with Crippen molar-refractivity contribution in [3.63, 3.8) is 0 Å². The molecule has 2 heteroatoms. The minimum absolute atomic E-state index is 0.212. The van der Waals surface area contributed by atoms with Crippen LogP contribution in [0.1, 0.15) is 45.8 Å². The fraction of sp³-hybridized carbons (Fsp3) is 0.471. The summed E-state index contributed by atoms with van der Waals surface area (Å²) in [5.74, 6) is 0.453. The molecule has 2 atom stereocenters. The van der Waals surface area contributed by atoms with Gasteiger partial charge in [-0.3, -0.25) is 4.98 Å². The van der Waals surface area contributed by atoms with Gasteiger partial charge in [0.15, 0.2) is 0 Å². The summed E-state index contributed by atoms with van der Waals surface area (Å²) in [5, 5.41) is 11.6. The maximum atomic E-state index is 10.5. The number of fused-ring (bicyclic) bond motifs is 1. The minimum atomic E-state index is -0.429. The van der Waals surface area contributed by atoms with Gasteiger partial charge in [-0.15, -0.1) is 0 Å². The molecule has 19 heavy (non-hydrogen) atoms. The van der Waals surface area contributed by atoms with Crippen LogP contribution in [0.15, 0.2) is 36.5 Å². The quantitative estimate of drug-likeness (QED) is 0.887. The third kappa shape index (κ3) is 3.13. The van der Waals surface area contributed by atoms with E-state index in [1.807, 2.05) is 30.3 Å². The number of nitrogens with zero attached hydrogens (tertiary/aromatic N) is 1. The fourth-order valence-electron chi connectivity index (χ4n) is 2.23. The lowest BCUT2D eigenvalue weighted by atomic mass is 9.78. The molecule has 102 valence electrons. The number of pyridine rings is 1. The highest BCUT2D eigenvalue weighted by molar-refractivity contribution is 5.82. The molecule has 2 rings (SSSR count). The first-order valence-corrected chi connectivity index (χ1v) is 6.91. The zero-order chi connectivity index (χ0) is 14.0. The van der Waals surface area contributed by atoms with E-state index < -0.39 is 6.10 Å². The molecule has 0 aliphatic heterocycles. The summed E-state index contributed by atoms with van der Waals surface area (Å²) in [6.45, 7) is 8.85. The van der Waals surface area contributed by atoms with Crippen molar-refractivity contribution >= 4 is 10.9 Å². The monoisotopic (exact) mass is 257 g/mol. The summed E-state index contributed by atoms with van der Waals surface area (Å²) in [6.07, 6.45) is 2.13. The Morgan fingerprint density at radius 3 is 2.58 bits per heavy atom. The maximum absolute atomic E-state index is 10.5. The van der Waals surface area contributed by atoms with E-state index in [1.165, 1.54) is 0 Å². The van der Waals surface area contributed by atoms with Gasteiger partial charge in [0.1, 0.15) is 0 Å². The molecule has 0 aliphatic carbocycles. The van der Waals surface area contributed by atoms with Crippen LogP contribution in [-0.2, 0) is 0 Å². The summed E-state index contributed by atoms with van der Waals surface area (Å²) < 4.78 is 0. The van der Waals surface area contributed by atoms with Crippen LogP contribution >= 0.6 is 0 Å². The van der Waals surface area contributed by atoms with E-state index in [4.69, 9.17) is 0 Å². The standard InChI is InChI=1S/C17H23NO/c1-12(17(2,3)4)11-16(19)14-7-5-9-15-13(14)8-6-10-18-15/h5-10,12,16,19H,11H2,1-4H3. The molecule has 1 N–H and O–H groups in total. The molecule has 0 saturated carbocycles. The van der Waals surface area contributed by atoms with Gasteiger partial charge in [0.2, 0.25) is 0 Å². The van der Waals surface area contributed by atoms with Gasteiger partial charge in [-0.25, -0.2) is 0 Å². The molecular weight excluding hydrogens is 234 g/mol. The lowest BCUT2D eigenvalue weighted by molar-refractivity contribution is 0.112. The summed E-state index contributed by atoms with van der Waals surface area (Å²) in [4.78, 5) is 4.34. The molecule has 2 aromatic rings. The van der Waals surface area contributed by atoms with Crippen LogP contribution in [0, 0.1) is 11.3 Å². The minimum Gasteiger partial charge on any atom is -0.388 e. The third-order valence-corrected chi connectivity index (χ3v) is 4.09. The van der Waals surface area contributed by atoms with Gasteiger partial charge in [0.25, 0.3) is 0 Å². The highest BCUT2D eigenvalue weighted by Crippen LogP contribution is 2.34. The molecule has 1 heterocycles. The molecule has 0 aliphatic rings. The van der Waals surface area contributed by atoms with Crippen LogP contribution in [-0.4, -0.2) is 10.1 Å². The smallest absolute Gasteiger partial charge is 0.0799 e. The molecule has 0 radical (unpaired) electrons. The van der Waals surface area contributed by atoms with Crippen LogP contribution in [0.25, 0.3) is 10.9 Å². The van der Waals surface area contributed by atoms with E-state index >= 15 is 0 Å². The average molecular weight is 257 g/mol. The number of hydrogen-bond acceptors (Lipinski definition) is 2. The number of benzene rings is 1. The lowest BCUT2D eigenvalue weighted by Crippen LogP contribution is -2.19. The summed E-state index contributed by atoms with van der Waals surface area (Å²) in [5.41, 5.74) is 2.15. The van der Waals surface area contributed by atoms with E-state index in [-0.39, 0.29) is 5.41 Å². The predicted molar refractivity (Wildman–Crippen MR) is 79.9 cm³/mol. The number of aromatic nitrogens is 1. The molecule has 0 saturated heterocycles. The number of aliphatic hydroxyl groups is 1. The zero-order valence-electron chi connectivity index (χ0n) is 12.2. The Kier molecular flexibility index (Phi) is 3.91. The Hall–Kier alpha value is -1.41. The van der Waals surface area contributed by atoms with Crippen LogP contribution in [0.2, 0.25) is 0 Å². The lowest BCUT2D eigenvalue weighted by Gasteiger charge is -2.29. The van der Waals surface area contributed by atoms with E-state index in [0.717, 1.165) is 22.9 Å². The molecular formula is C17H23NO. The van der Waals surface area contributed by atoms with Gasteiger partial charge in [0, 0.05) is 11.6 Å². The average Bonchev–Trinajstić information content (AvgIpc) is 2.36. The van der Waals surface area contributed by atoms with Gasteiger partial charge in [-0.2, -0.15) is 0 Å². The van der Waals surface area contributed by atoms with Crippen LogP contribution in [0.3, 0.4) is 0 Å². The molecule has 1 aromatic carbocycles. The largest absolute Gasteiger partial charge is 0.388 e. The SMILES string of the molecule is CC(CC(O)c1cccc2ncccc12)C(C)(C)C. The molecule has 0 bridgehead atoms. The Balaban J connectivity index is 2.29. The molecule has 2 nitrogen and oxygen atoms in total. The van der Waals surface area contributed by atoms with Crippen LogP contribution < -0.4 is 0 Å². The second-order valence-electron chi connectivity index (χ2n) is 6.44.